The highest BCUT2D eigenvalue weighted by Gasteiger charge is 2.14. The lowest BCUT2D eigenvalue weighted by Crippen LogP contribution is -2.22. The van der Waals surface area contributed by atoms with Gasteiger partial charge in [-0.25, -0.2) is 4.79 Å². The number of carbonyl (C=O) groups is 3. The number of carbonyl (C=O) groups excluding carboxylic acids is 3. The molecule has 22 heavy (non-hydrogen) atoms. The molecule has 0 fully saturated rings. The lowest BCUT2D eigenvalue weighted by Gasteiger charge is -2.13. The third-order valence-corrected chi connectivity index (χ3v) is 2.81. The molecule has 1 unspecified atom stereocenters. The molecule has 0 saturated carbocycles. The molecule has 0 saturated heterocycles. The molecule has 0 aliphatic rings. The lowest BCUT2D eigenvalue weighted by molar-refractivity contribution is -0.168. The van der Waals surface area contributed by atoms with Crippen LogP contribution in [0.1, 0.15) is 58.8 Å². The lowest BCUT2D eigenvalue weighted by atomic mass is 10.1. The van der Waals surface area contributed by atoms with Crippen LogP contribution in [0.2, 0.25) is 0 Å². The Kier molecular flexibility index (Phi) is 11.9. The second-order valence-corrected chi connectivity index (χ2v) is 4.70. The molecule has 0 spiro atoms. The molecule has 0 aromatic rings. The summed E-state index contributed by atoms with van der Waals surface area (Å²) in [4.78, 5) is 33.4. The largest absolute Gasteiger partial charge is 0.511 e. The zero-order valence-electron chi connectivity index (χ0n) is 13.6. The van der Waals surface area contributed by atoms with E-state index in [4.69, 9.17) is 9.47 Å². The van der Waals surface area contributed by atoms with Gasteiger partial charge >= 0.3 is 18.1 Å². The minimum absolute atomic E-state index is 0.195. The Balaban J connectivity index is 3.53. The molecule has 0 aromatic heterocycles. The monoisotopic (exact) mass is 318 g/mol. The van der Waals surface area contributed by atoms with Crippen molar-refractivity contribution in [2.24, 2.45) is 0 Å². The molecule has 0 rings (SSSR count). The highest BCUT2D eigenvalue weighted by atomic mass is 16.8. The van der Waals surface area contributed by atoms with Gasteiger partial charge in [-0.05, 0) is 19.8 Å². The van der Waals surface area contributed by atoms with Gasteiger partial charge in [0.05, 0.1) is 13.7 Å². The first-order chi connectivity index (χ1) is 10.5. The fourth-order valence-corrected chi connectivity index (χ4v) is 1.73. The summed E-state index contributed by atoms with van der Waals surface area (Å²) in [6.07, 6.45) is 3.13. The maximum atomic E-state index is 11.5. The van der Waals surface area contributed by atoms with Crippen LogP contribution in [0.5, 0.6) is 0 Å². The third kappa shape index (κ3) is 12.0. The molecule has 0 amide bonds. The summed E-state index contributed by atoms with van der Waals surface area (Å²) in [7, 11) is 1.38. The molecular weight excluding hydrogens is 292 g/mol. The van der Waals surface area contributed by atoms with E-state index in [-0.39, 0.29) is 19.0 Å². The van der Waals surface area contributed by atoms with Crippen molar-refractivity contribution >= 4 is 18.1 Å². The Morgan fingerprint density at radius 3 is 1.95 bits per heavy atom. The summed E-state index contributed by atoms with van der Waals surface area (Å²) in [5.74, 6) is -0.606. The molecule has 7 nitrogen and oxygen atoms in total. The molecule has 128 valence electrons. The Morgan fingerprint density at radius 2 is 1.41 bits per heavy atom. The number of ether oxygens (including phenoxy) is 4. The summed E-state index contributed by atoms with van der Waals surface area (Å²) in [5.41, 5.74) is 0. The second kappa shape index (κ2) is 12.9. The van der Waals surface area contributed by atoms with Gasteiger partial charge in [0, 0.05) is 19.8 Å². The first kappa shape index (κ1) is 20.2. The Morgan fingerprint density at radius 1 is 0.864 bits per heavy atom. The van der Waals surface area contributed by atoms with Gasteiger partial charge in [-0.15, -0.1) is 0 Å². The van der Waals surface area contributed by atoms with Crippen LogP contribution in [0.4, 0.5) is 4.79 Å². The van der Waals surface area contributed by atoms with Gasteiger partial charge in [0.25, 0.3) is 0 Å². The van der Waals surface area contributed by atoms with E-state index in [1.54, 1.807) is 6.92 Å². The maximum Gasteiger partial charge on any atom is 0.511 e. The molecular formula is C15H26O7. The smallest absolute Gasteiger partial charge is 0.469 e. The number of rotatable bonds is 11. The van der Waals surface area contributed by atoms with Crippen molar-refractivity contribution in [1.82, 2.24) is 0 Å². The summed E-state index contributed by atoms with van der Waals surface area (Å²) in [6, 6.07) is 0. The zero-order valence-corrected chi connectivity index (χ0v) is 13.6. The minimum Gasteiger partial charge on any atom is -0.469 e. The number of hydrogen-bond donors (Lipinski definition) is 0. The van der Waals surface area contributed by atoms with Crippen LogP contribution >= 0.6 is 0 Å². The Hall–Kier alpha value is -1.79. The van der Waals surface area contributed by atoms with Crippen LogP contribution in [0, 0.1) is 0 Å². The predicted molar refractivity (Wildman–Crippen MR) is 78.0 cm³/mol. The van der Waals surface area contributed by atoms with E-state index in [1.165, 1.54) is 14.0 Å². The number of unbranched alkanes of at least 4 members (excludes halogenated alkanes) is 4. The quantitative estimate of drug-likeness (QED) is 0.250. The Labute approximate surface area is 131 Å². The standard InChI is InChI=1S/C15H26O7/c1-4-20-15(18)22-12(2)21-14(17)11-9-7-5-6-8-10-13(16)19-3/h12H,4-11H2,1-3H3. The van der Waals surface area contributed by atoms with E-state index in [1.807, 2.05) is 0 Å². The van der Waals surface area contributed by atoms with Crippen molar-refractivity contribution in [3.63, 3.8) is 0 Å². The fraction of sp³-hybridized carbons (Fsp3) is 0.800. The van der Waals surface area contributed by atoms with E-state index < -0.39 is 18.4 Å². The minimum atomic E-state index is -0.952. The molecule has 0 aliphatic carbocycles. The highest BCUT2D eigenvalue weighted by molar-refractivity contribution is 5.69. The molecule has 0 radical (unpaired) electrons. The van der Waals surface area contributed by atoms with Crippen molar-refractivity contribution in [3.05, 3.63) is 0 Å². The van der Waals surface area contributed by atoms with Gasteiger partial charge in [0.15, 0.2) is 0 Å². The molecule has 0 heterocycles. The highest BCUT2D eigenvalue weighted by Crippen LogP contribution is 2.09. The second-order valence-electron chi connectivity index (χ2n) is 4.70. The van der Waals surface area contributed by atoms with Crippen LogP contribution in [-0.2, 0) is 28.5 Å². The van der Waals surface area contributed by atoms with E-state index in [9.17, 15) is 14.4 Å². The van der Waals surface area contributed by atoms with Crippen molar-refractivity contribution in [2.75, 3.05) is 13.7 Å². The van der Waals surface area contributed by atoms with Gasteiger partial charge in [0.1, 0.15) is 0 Å². The van der Waals surface area contributed by atoms with E-state index >= 15 is 0 Å². The van der Waals surface area contributed by atoms with Crippen molar-refractivity contribution < 1.29 is 33.3 Å². The summed E-state index contributed by atoms with van der Waals surface area (Å²) in [6.45, 7) is 3.32. The summed E-state index contributed by atoms with van der Waals surface area (Å²) >= 11 is 0. The summed E-state index contributed by atoms with van der Waals surface area (Å²) in [5, 5.41) is 0. The van der Waals surface area contributed by atoms with Crippen LogP contribution in [0.25, 0.3) is 0 Å². The molecule has 0 aromatic carbocycles. The van der Waals surface area contributed by atoms with E-state index in [0.29, 0.717) is 12.8 Å². The van der Waals surface area contributed by atoms with Crippen molar-refractivity contribution in [3.8, 4) is 0 Å². The zero-order chi connectivity index (χ0) is 16.8. The first-order valence-electron chi connectivity index (χ1n) is 7.59. The maximum absolute atomic E-state index is 11.5. The van der Waals surface area contributed by atoms with Gasteiger partial charge in [-0.2, -0.15) is 0 Å². The normalized spacial score (nSPS) is 11.4. The van der Waals surface area contributed by atoms with Crippen LogP contribution in [0.15, 0.2) is 0 Å². The van der Waals surface area contributed by atoms with Gasteiger partial charge in [-0.3, -0.25) is 9.59 Å². The van der Waals surface area contributed by atoms with Crippen LogP contribution in [0.3, 0.4) is 0 Å². The van der Waals surface area contributed by atoms with Gasteiger partial charge in [-0.1, -0.05) is 19.3 Å². The van der Waals surface area contributed by atoms with Gasteiger partial charge < -0.3 is 18.9 Å². The number of hydrogen-bond acceptors (Lipinski definition) is 7. The van der Waals surface area contributed by atoms with Crippen molar-refractivity contribution in [1.29, 1.82) is 0 Å². The average molecular weight is 318 g/mol. The number of esters is 2. The molecule has 0 N–H and O–H groups in total. The predicted octanol–water partition coefficient (Wildman–Crippen LogP) is 2.95. The Bertz CT molecular complexity index is 341. The third-order valence-electron chi connectivity index (χ3n) is 2.81. The first-order valence-corrected chi connectivity index (χ1v) is 7.59. The molecule has 0 bridgehead atoms. The molecule has 1 atom stereocenters. The molecule has 0 aliphatic heterocycles. The van der Waals surface area contributed by atoms with Gasteiger partial charge in [0.2, 0.25) is 6.29 Å². The number of methoxy groups -OCH3 is 1. The molecule has 7 heteroatoms. The average Bonchev–Trinajstić information content (AvgIpc) is 2.45. The fourth-order valence-electron chi connectivity index (χ4n) is 1.73. The van der Waals surface area contributed by atoms with Crippen LogP contribution < -0.4 is 0 Å². The van der Waals surface area contributed by atoms with E-state index in [0.717, 1.165) is 25.7 Å². The van der Waals surface area contributed by atoms with E-state index in [2.05, 4.69) is 9.47 Å². The summed E-state index contributed by atoms with van der Waals surface area (Å²) < 4.78 is 18.7. The SMILES string of the molecule is CCOC(=O)OC(C)OC(=O)CCCCCCCC(=O)OC. The topological polar surface area (TPSA) is 88.1 Å². The van der Waals surface area contributed by atoms with Crippen molar-refractivity contribution in [2.45, 2.75) is 65.1 Å². The van der Waals surface area contributed by atoms with Crippen LogP contribution in [-0.4, -0.2) is 38.1 Å².